The molecule has 0 bridgehead atoms. The Morgan fingerprint density at radius 3 is 2.07 bits per heavy atom. The molecule has 0 aliphatic rings. The summed E-state index contributed by atoms with van der Waals surface area (Å²) in [7, 11) is 0. The summed E-state index contributed by atoms with van der Waals surface area (Å²) in [5, 5.41) is 4.79. The second-order valence-corrected chi connectivity index (χ2v) is 6.29. The molecule has 0 fully saturated rings. The summed E-state index contributed by atoms with van der Waals surface area (Å²) in [4.78, 5) is 12.8. The molecule has 0 aliphatic carbocycles. The van der Waals surface area contributed by atoms with E-state index in [9.17, 15) is 13.6 Å². The highest BCUT2D eigenvalue weighted by atomic mass is 19.1. The lowest BCUT2D eigenvalue weighted by atomic mass is 10.1. The molecule has 0 spiro atoms. The molecule has 1 atom stereocenters. The van der Waals surface area contributed by atoms with E-state index in [1.807, 2.05) is 35.6 Å². The number of hydrogen-bond acceptors (Lipinski definition) is 1. The van der Waals surface area contributed by atoms with Gasteiger partial charge in [0, 0.05) is 17.7 Å². The van der Waals surface area contributed by atoms with Crippen LogP contribution in [0.25, 0.3) is 0 Å². The smallest absolute Gasteiger partial charge is 0.287 e. The van der Waals surface area contributed by atoms with Gasteiger partial charge >= 0.3 is 0 Å². The van der Waals surface area contributed by atoms with Gasteiger partial charge in [-0.3, -0.25) is 4.79 Å². The van der Waals surface area contributed by atoms with Crippen molar-refractivity contribution >= 4 is 11.6 Å². The molecule has 3 aromatic carbocycles. The SMILES string of the molecule is O=C(Nc1ccc(F)cc1)[C@@H]([NH2+]CCc1ccc(F)cc1)c1ccccc1. The van der Waals surface area contributed by atoms with Gasteiger partial charge in [0.2, 0.25) is 0 Å². The Kier molecular flexibility index (Phi) is 6.28. The Bertz CT molecular complexity index is 865. The van der Waals surface area contributed by atoms with E-state index >= 15 is 0 Å². The first-order valence-electron chi connectivity index (χ1n) is 8.81. The highest BCUT2D eigenvalue weighted by Gasteiger charge is 2.23. The fraction of sp³-hybridized carbons (Fsp3) is 0.136. The van der Waals surface area contributed by atoms with Gasteiger partial charge in [0.1, 0.15) is 11.6 Å². The lowest BCUT2D eigenvalue weighted by Crippen LogP contribution is -2.87. The third-order valence-corrected chi connectivity index (χ3v) is 4.30. The average Bonchev–Trinajstić information content (AvgIpc) is 2.69. The second kappa shape index (κ2) is 9.05. The summed E-state index contributed by atoms with van der Waals surface area (Å²) in [5.41, 5.74) is 2.45. The van der Waals surface area contributed by atoms with Crippen LogP contribution in [0.15, 0.2) is 78.9 Å². The molecule has 3 nitrogen and oxygen atoms in total. The number of halogens is 2. The van der Waals surface area contributed by atoms with Crippen molar-refractivity contribution in [3.63, 3.8) is 0 Å². The molecule has 1 amide bonds. The van der Waals surface area contributed by atoms with Gasteiger partial charge in [-0.1, -0.05) is 42.5 Å². The summed E-state index contributed by atoms with van der Waals surface area (Å²) in [5.74, 6) is -0.783. The number of hydrogen-bond donors (Lipinski definition) is 2. The van der Waals surface area contributed by atoms with Gasteiger partial charge < -0.3 is 10.6 Å². The average molecular weight is 367 g/mol. The summed E-state index contributed by atoms with van der Waals surface area (Å²) in [6.07, 6.45) is 0.716. The largest absolute Gasteiger partial charge is 0.332 e. The number of carbonyl (C=O) groups is 1. The molecule has 0 saturated carbocycles. The molecule has 3 rings (SSSR count). The fourth-order valence-corrected chi connectivity index (χ4v) is 2.88. The van der Waals surface area contributed by atoms with Crippen LogP contribution in [0.4, 0.5) is 14.5 Å². The lowest BCUT2D eigenvalue weighted by molar-refractivity contribution is -0.682. The van der Waals surface area contributed by atoms with Gasteiger partial charge in [0.05, 0.1) is 6.54 Å². The van der Waals surface area contributed by atoms with Crippen LogP contribution in [-0.2, 0) is 11.2 Å². The molecule has 0 aromatic heterocycles. The molecule has 0 radical (unpaired) electrons. The molecule has 3 aromatic rings. The summed E-state index contributed by atoms with van der Waals surface area (Å²) in [6.45, 7) is 0.669. The van der Waals surface area contributed by atoms with Gasteiger partial charge in [-0.05, 0) is 42.0 Å². The van der Waals surface area contributed by atoms with Crippen molar-refractivity contribution in [3.05, 3.63) is 102 Å². The second-order valence-electron chi connectivity index (χ2n) is 6.29. The predicted octanol–water partition coefficient (Wildman–Crippen LogP) is 3.45. The summed E-state index contributed by atoms with van der Waals surface area (Å²) >= 11 is 0. The fourth-order valence-electron chi connectivity index (χ4n) is 2.88. The molecular weight excluding hydrogens is 346 g/mol. The van der Waals surface area contributed by atoms with E-state index in [1.165, 1.54) is 36.4 Å². The van der Waals surface area contributed by atoms with Crippen molar-refractivity contribution in [3.8, 4) is 0 Å². The normalized spacial score (nSPS) is 11.8. The first kappa shape index (κ1) is 18.7. The van der Waals surface area contributed by atoms with Crippen LogP contribution in [-0.4, -0.2) is 12.5 Å². The number of benzene rings is 3. The zero-order valence-electron chi connectivity index (χ0n) is 14.7. The van der Waals surface area contributed by atoms with E-state index in [0.717, 1.165) is 11.1 Å². The van der Waals surface area contributed by atoms with Crippen molar-refractivity contribution < 1.29 is 18.9 Å². The Balaban J connectivity index is 1.67. The first-order valence-corrected chi connectivity index (χ1v) is 8.81. The molecule has 3 N–H and O–H groups in total. The first-order chi connectivity index (χ1) is 13.1. The number of amides is 1. The molecule has 0 heterocycles. The molecule has 138 valence electrons. The number of carbonyl (C=O) groups excluding carboxylic acids is 1. The number of nitrogens with two attached hydrogens (primary N) is 1. The highest BCUT2D eigenvalue weighted by molar-refractivity contribution is 5.94. The van der Waals surface area contributed by atoms with Gasteiger partial charge in [0.25, 0.3) is 5.91 Å². The maximum Gasteiger partial charge on any atom is 0.287 e. The van der Waals surface area contributed by atoms with Crippen LogP contribution in [0, 0.1) is 11.6 Å². The third kappa shape index (κ3) is 5.46. The van der Waals surface area contributed by atoms with Crippen LogP contribution < -0.4 is 10.6 Å². The van der Waals surface area contributed by atoms with Crippen LogP contribution in [0.1, 0.15) is 17.2 Å². The van der Waals surface area contributed by atoms with Crippen LogP contribution in [0.2, 0.25) is 0 Å². The zero-order valence-corrected chi connectivity index (χ0v) is 14.7. The van der Waals surface area contributed by atoms with E-state index in [0.29, 0.717) is 18.7 Å². The third-order valence-electron chi connectivity index (χ3n) is 4.30. The Morgan fingerprint density at radius 2 is 1.44 bits per heavy atom. The van der Waals surface area contributed by atoms with E-state index in [4.69, 9.17) is 0 Å². The minimum absolute atomic E-state index is 0.174. The molecule has 27 heavy (non-hydrogen) atoms. The topological polar surface area (TPSA) is 45.7 Å². The predicted molar refractivity (Wildman–Crippen MR) is 101 cm³/mol. The quantitative estimate of drug-likeness (QED) is 0.660. The standard InChI is InChI=1S/C22H20F2N2O/c23-18-8-6-16(7-9-18)14-15-25-21(17-4-2-1-3-5-17)22(27)26-20-12-10-19(24)11-13-20/h1-13,21,25H,14-15H2,(H,26,27)/p+1/t21-/m0/s1. The van der Waals surface area contributed by atoms with Gasteiger partial charge in [-0.25, -0.2) is 8.78 Å². The molecule has 0 saturated heterocycles. The van der Waals surface area contributed by atoms with Crippen molar-refractivity contribution in [1.82, 2.24) is 0 Å². The number of quaternary nitrogens is 1. The Hall–Kier alpha value is -3.05. The molecule has 5 heteroatoms. The van der Waals surface area contributed by atoms with E-state index in [-0.39, 0.29) is 17.5 Å². The van der Waals surface area contributed by atoms with Crippen LogP contribution in [0.3, 0.4) is 0 Å². The van der Waals surface area contributed by atoms with Crippen molar-refractivity contribution in [2.24, 2.45) is 0 Å². The lowest BCUT2D eigenvalue weighted by Gasteiger charge is -2.16. The maximum absolute atomic E-state index is 13.1. The van der Waals surface area contributed by atoms with Crippen molar-refractivity contribution in [2.45, 2.75) is 12.5 Å². The zero-order chi connectivity index (χ0) is 19.1. The maximum atomic E-state index is 13.1. The number of anilines is 1. The van der Waals surface area contributed by atoms with Crippen LogP contribution >= 0.6 is 0 Å². The minimum atomic E-state index is -0.434. The molecular formula is C22H21F2N2O+. The molecule has 0 unspecified atom stereocenters. The molecule has 0 aliphatic heterocycles. The monoisotopic (exact) mass is 367 g/mol. The number of nitrogens with one attached hydrogen (secondary N) is 1. The van der Waals surface area contributed by atoms with E-state index in [1.54, 1.807) is 12.1 Å². The van der Waals surface area contributed by atoms with Crippen molar-refractivity contribution in [1.29, 1.82) is 0 Å². The summed E-state index contributed by atoms with van der Waals surface area (Å²) in [6, 6.07) is 21.1. The van der Waals surface area contributed by atoms with Crippen LogP contribution in [0.5, 0.6) is 0 Å². The van der Waals surface area contributed by atoms with Crippen molar-refractivity contribution in [2.75, 3.05) is 11.9 Å². The van der Waals surface area contributed by atoms with Gasteiger partial charge in [-0.2, -0.15) is 0 Å². The van der Waals surface area contributed by atoms with E-state index in [2.05, 4.69) is 5.32 Å². The Morgan fingerprint density at radius 1 is 0.852 bits per heavy atom. The minimum Gasteiger partial charge on any atom is -0.332 e. The Labute approximate surface area is 157 Å². The van der Waals surface area contributed by atoms with Gasteiger partial charge in [0.15, 0.2) is 6.04 Å². The van der Waals surface area contributed by atoms with E-state index < -0.39 is 6.04 Å². The van der Waals surface area contributed by atoms with Gasteiger partial charge in [-0.15, -0.1) is 0 Å². The highest BCUT2D eigenvalue weighted by Crippen LogP contribution is 2.14. The number of rotatable bonds is 7. The summed E-state index contributed by atoms with van der Waals surface area (Å²) < 4.78 is 26.1.